The van der Waals surface area contributed by atoms with Crippen LogP contribution in [0.1, 0.15) is 5.56 Å². The number of carbonyl (C=O) groups excluding carboxylic acids is 1. The Hall–Kier alpha value is -3.22. The van der Waals surface area contributed by atoms with Crippen molar-refractivity contribution in [2.24, 2.45) is 0 Å². The van der Waals surface area contributed by atoms with Crippen LogP contribution in [-0.4, -0.2) is 45.5 Å². The number of aromatic nitrogens is 2. The number of hydrogen-bond donors (Lipinski definition) is 2. The summed E-state index contributed by atoms with van der Waals surface area (Å²) in [6, 6.07) is 11.6. The van der Waals surface area contributed by atoms with Crippen molar-refractivity contribution in [3.8, 4) is 0 Å². The fourth-order valence-corrected chi connectivity index (χ4v) is 4.96. The summed E-state index contributed by atoms with van der Waals surface area (Å²) in [5.41, 5.74) is 1.20. The molecule has 1 amide bonds. The number of halogens is 1. The number of aryl methyl sites for hydroxylation is 1. The predicted octanol–water partition coefficient (Wildman–Crippen LogP) is 2.64. The molecule has 13 heteroatoms. The largest absolute Gasteiger partial charge is 0.325 e. The van der Waals surface area contributed by atoms with E-state index in [1.54, 1.807) is 19.1 Å². The van der Waals surface area contributed by atoms with E-state index in [0.29, 0.717) is 16.3 Å². The van der Waals surface area contributed by atoms with Gasteiger partial charge in [-0.25, -0.2) is 31.5 Å². The van der Waals surface area contributed by atoms with Crippen LogP contribution in [0.15, 0.2) is 65.8 Å². The summed E-state index contributed by atoms with van der Waals surface area (Å²) in [7, 11) is -7.69. The first-order valence-corrected chi connectivity index (χ1v) is 13.1. The van der Waals surface area contributed by atoms with Crippen molar-refractivity contribution in [2.45, 2.75) is 11.8 Å². The maximum absolute atomic E-state index is 12.6. The van der Waals surface area contributed by atoms with Gasteiger partial charge in [0.15, 0.2) is 0 Å². The molecule has 1 aromatic heterocycles. The summed E-state index contributed by atoms with van der Waals surface area (Å²) in [4.78, 5) is 20.1. The normalized spacial score (nSPS) is 11.6. The molecule has 10 nitrogen and oxygen atoms in total. The van der Waals surface area contributed by atoms with Crippen molar-refractivity contribution in [3.63, 3.8) is 0 Å². The average molecular weight is 510 g/mol. The van der Waals surface area contributed by atoms with Crippen molar-refractivity contribution >= 4 is 54.9 Å². The molecule has 0 fully saturated rings. The molecule has 0 atom stereocenters. The third-order valence-electron chi connectivity index (χ3n) is 4.35. The van der Waals surface area contributed by atoms with Crippen molar-refractivity contribution < 1.29 is 21.6 Å². The maximum Gasteiger partial charge on any atom is 0.264 e. The number of rotatable bonds is 8. The van der Waals surface area contributed by atoms with Crippen molar-refractivity contribution in [3.05, 3.63) is 71.5 Å². The zero-order valence-electron chi connectivity index (χ0n) is 17.6. The Bertz CT molecular complexity index is 1370. The minimum Gasteiger partial charge on any atom is -0.325 e. The lowest BCUT2D eigenvalue weighted by molar-refractivity contribution is -0.114. The lowest BCUT2D eigenvalue weighted by Gasteiger charge is -2.23. The number of hydrogen-bond acceptors (Lipinski definition) is 7. The Morgan fingerprint density at radius 2 is 1.67 bits per heavy atom. The Morgan fingerprint density at radius 3 is 2.24 bits per heavy atom. The number of sulfonamides is 2. The molecule has 0 aliphatic heterocycles. The van der Waals surface area contributed by atoms with Crippen LogP contribution in [0, 0.1) is 6.92 Å². The Kier molecular flexibility index (Phi) is 7.20. The average Bonchev–Trinajstić information content (AvgIpc) is 2.72. The van der Waals surface area contributed by atoms with Gasteiger partial charge in [0.05, 0.1) is 16.8 Å². The topological polar surface area (TPSA) is 138 Å². The minimum atomic E-state index is -3.93. The maximum atomic E-state index is 12.6. The molecule has 3 rings (SSSR count). The van der Waals surface area contributed by atoms with Crippen LogP contribution in [0.3, 0.4) is 0 Å². The predicted molar refractivity (Wildman–Crippen MR) is 126 cm³/mol. The van der Waals surface area contributed by atoms with Gasteiger partial charge in [0, 0.05) is 23.1 Å². The highest BCUT2D eigenvalue weighted by atomic mass is 35.5. The van der Waals surface area contributed by atoms with Crippen molar-refractivity contribution in [2.75, 3.05) is 27.1 Å². The second-order valence-electron chi connectivity index (χ2n) is 6.95. The van der Waals surface area contributed by atoms with E-state index in [2.05, 4.69) is 20.0 Å². The summed E-state index contributed by atoms with van der Waals surface area (Å²) in [6.45, 7) is 1.21. The molecule has 174 valence electrons. The number of nitrogens with one attached hydrogen (secondary N) is 2. The minimum absolute atomic E-state index is 0.0671. The van der Waals surface area contributed by atoms with E-state index in [0.717, 1.165) is 10.6 Å². The highest BCUT2D eigenvalue weighted by Gasteiger charge is 2.23. The molecule has 0 aliphatic rings. The van der Waals surface area contributed by atoms with Crippen LogP contribution in [0.25, 0.3) is 0 Å². The third kappa shape index (κ3) is 6.40. The zero-order chi connectivity index (χ0) is 24.2. The molecule has 2 aromatic carbocycles. The van der Waals surface area contributed by atoms with E-state index in [4.69, 9.17) is 11.6 Å². The first kappa shape index (κ1) is 24.4. The lowest BCUT2D eigenvalue weighted by Crippen LogP contribution is -2.37. The van der Waals surface area contributed by atoms with Gasteiger partial charge in [-0.1, -0.05) is 11.6 Å². The van der Waals surface area contributed by atoms with Crippen molar-refractivity contribution in [1.82, 2.24) is 9.97 Å². The van der Waals surface area contributed by atoms with Gasteiger partial charge >= 0.3 is 0 Å². The van der Waals surface area contributed by atoms with Gasteiger partial charge in [-0.2, -0.15) is 0 Å². The van der Waals surface area contributed by atoms with Gasteiger partial charge in [0.25, 0.3) is 10.0 Å². The fraction of sp³-hybridized carbons (Fsp3) is 0.150. The van der Waals surface area contributed by atoms with Crippen LogP contribution < -0.4 is 14.3 Å². The van der Waals surface area contributed by atoms with Gasteiger partial charge in [-0.3, -0.25) is 9.10 Å². The zero-order valence-corrected chi connectivity index (χ0v) is 19.9. The third-order valence-corrected chi connectivity index (χ3v) is 7.06. The van der Waals surface area contributed by atoms with Gasteiger partial charge in [-0.05, 0) is 61.0 Å². The SMILES string of the molecule is Cc1cc(Cl)ccc1N(CC(=O)Nc1ccc(S(=O)(=O)Nc2ncccn2)cc1)S(C)(=O)=O. The van der Waals surface area contributed by atoms with E-state index in [-0.39, 0.29) is 16.5 Å². The Balaban J connectivity index is 1.73. The summed E-state index contributed by atoms with van der Waals surface area (Å²) >= 11 is 5.94. The van der Waals surface area contributed by atoms with E-state index < -0.39 is 32.5 Å². The fourth-order valence-electron chi connectivity index (χ4n) is 2.86. The summed E-state index contributed by atoms with van der Waals surface area (Å²) in [6.07, 6.45) is 3.79. The van der Waals surface area contributed by atoms with Crippen molar-refractivity contribution in [1.29, 1.82) is 0 Å². The molecule has 2 N–H and O–H groups in total. The summed E-state index contributed by atoms with van der Waals surface area (Å²) in [5.74, 6) is -0.686. The Labute approximate surface area is 196 Å². The van der Waals surface area contributed by atoms with Gasteiger partial charge in [0.2, 0.25) is 21.9 Å². The molecule has 33 heavy (non-hydrogen) atoms. The molecule has 0 radical (unpaired) electrons. The molecule has 0 saturated carbocycles. The second kappa shape index (κ2) is 9.73. The lowest BCUT2D eigenvalue weighted by atomic mass is 10.2. The molecule has 0 spiro atoms. The summed E-state index contributed by atoms with van der Waals surface area (Å²) in [5, 5.41) is 3.00. The molecular formula is C20H20ClN5O5S2. The molecule has 1 heterocycles. The smallest absolute Gasteiger partial charge is 0.264 e. The van der Waals surface area contributed by atoms with Gasteiger partial charge < -0.3 is 5.32 Å². The molecule has 0 bridgehead atoms. The Morgan fingerprint density at radius 1 is 1.03 bits per heavy atom. The first-order valence-electron chi connectivity index (χ1n) is 9.39. The van der Waals surface area contributed by atoms with E-state index in [1.165, 1.54) is 48.8 Å². The molecule has 0 saturated heterocycles. The highest BCUT2D eigenvalue weighted by Crippen LogP contribution is 2.25. The van der Waals surface area contributed by atoms with Crippen LogP contribution in [-0.2, 0) is 24.8 Å². The number of benzene rings is 2. The molecule has 0 unspecified atom stereocenters. The number of nitrogens with zero attached hydrogens (tertiary/aromatic N) is 3. The van der Waals surface area contributed by atoms with Crippen LogP contribution in [0.5, 0.6) is 0 Å². The number of anilines is 3. The van der Waals surface area contributed by atoms with E-state index in [9.17, 15) is 21.6 Å². The molecular weight excluding hydrogens is 490 g/mol. The van der Waals surface area contributed by atoms with Crippen LogP contribution in [0.4, 0.5) is 17.3 Å². The standard InChI is InChI=1S/C20H20ClN5O5S2/c1-14-12-15(21)4-9-18(14)26(32(2,28)29)13-19(27)24-16-5-7-17(8-6-16)33(30,31)25-20-22-10-3-11-23-20/h3-12H,13H2,1-2H3,(H,24,27)(H,22,23,25). The quantitative estimate of drug-likeness (QED) is 0.476. The van der Waals surface area contributed by atoms with Gasteiger partial charge in [0.1, 0.15) is 6.54 Å². The monoisotopic (exact) mass is 509 g/mol. The van der Waals surface area contributed by atoms with Crippen LogP contribution in [0.2, 0.25) is 5.02 Å². The highest BCUT2D eigenvalue weighted by molar-refractivity contribution is 7.92. The number of carbonyl (C=O) groups is 1. The van der Waals surface area contributed by atoms with Crippen LogP contribution >= 0.6 is 11.6 Å². The second-order valence-corrected chi connectivity index (χ2v) is 11.0. The molecule has 0 aliphatic carbocycles. The van der Waals surface area contributed by atoms with E-state index >= 15 is 0 Å². The van der Waals surface area contributed by atoms with Gasteiger partial charge in [-0.15, -0.1) is 0 Å². The first-order chi connectivity index (χ1) is 15.5. The summed E-state index contributed by atoms with van der Waals surface area (Å²) < 4.78 is 52.7. The van der Waals surface area contributed by atoms with E-state index in [1.807, 2.05) is 0 Å². The number of amides is 1. The molecule has 3 aromatic rings.